The minimum atomic E-state index is -0.506. The molecule has 9 nitrogen and oxygen atoms in total. The molecule has 0 spiro atoms. The minimum Gasteiger partial charge on any atom is -0.444 e. The van der Waals surface area contributed by atoms with Gasteiger partial charge in [-0.15, -0.1) is 5.10 Å². The van der Waals surface area contributed by atoms with Gasteiger partial charge in [-0.3, -0.25) is 0 Å². The highest BCUT2D eigenvalue weighted by molar-refractivity contribution is 5.68. The molecular formula is C25H32N6O3. The van der Waals surface area contributed by atoms with Crippen molar-refractivity contribution < 1.29 is 14.3 Å². The number of hydrogen-bond donors (Lipinski definition) is 0. The Labute approximate surface area is 200 Å². The van der Waals surface area contributed by atoms with Crippen LogP contribution in [0.2, 0.25) is 0 Å². The molecular weight excluding hydrogens is 432 g/mol. The summed E-state index contributed by atoms with van der Waals surface area (Å²) in [5, 5.41) is 8.73. The first kappa shape index (κ1) is 23.7. The minimum absolute atomic E-state index is 0.105. The topological polar surface area (TPSA) is 95.3 Å². The Morgan fingerprint density at radius 1 is 1.06 bits per heavy atom. The third-order valence-corrected chi connectivity index (χ3v) is 5.61. The van der Waals surface area contributed by atoms with E-state index in [0.717, 1.165) is 35.4 Å². The maximum Gasteiger partial charge on any atom is 0.410 e. The van der Waals surface area contributed by atoms with Crippen LogP contribution in [0, 0.1) is 20.8 Å². The summed E-state index contributed by atoms with van der Waals surface area (Å²) in [6.07, 6.45) is 2.92. The molecule has 2 aromatic heterocycles. The second-order valence-corrected chi connectivity index (χ2v) is 9.82. The summed E-state index contributed by atoms with van der Waals surface area (Å²) in [6, 6.07) is 8.22. The predicted molar refractivity (Wildman–Crippen MR) is 128 cm³/mol. The molecule has 0 aliphatic carbocycles. The van der Waals surface area contributed by atoms with E-state index in [1.165, 1.54) is 0 Å². The van der Waals surface area contributed by atoms with E-state index in [0.29, 0.717) is 24.5 Å². The molecule has 34 heavy (non-hydrogen) atoms. The van der Waals surface area contributed by atoms with E-state index in [9.17, 15) is 4.79 Å². The van der Waals surface area contributed by atoms with Gasteiger partial charge in [-0.05, 0) is 83.7 Å². The zero-order chi connectivity index (χ0) is 24.5. The van der Waals surface area contributed by atoms with Crippen molar-refractivity contribution >= 4 is 6.09 Å². The Bertz CT molecular complexity index is 1160. The van der Waals surface area contributed by atoms with Crippen LogP contribution in [-0.2, 0) is 4.74 Å². The fraction of sp³-hybridized carbons (Fsp3) is 0.480. The van der Waals surface area contributed by atoms with E-state index in [4.69, 9.17) is 9.47 Å². The number of nitrogens with zero attached hydrogens (tertiary/aromatic N) is 6. The largest absolute Gasteiger partial charge is 0.444 e. The molecule has 1 aliphatic heterocycles. The second kappa shape index (κ2) is 9.40. The molecule has 0 atom stereocenters. The number of aromatic nitrogens is 5. The molecule has 1 fully saturated rings. The van der Waals surface area contributed by atoms with Crippen LogP contribution in [0.15, 0.2) is 30.5 Å². The number of hydrogen-bond acceptors (Lipinski definition) is 7. The maximum absolute atomic E-state index is 12.4. The summed E-state index contributed by atoms with van der Waals surface area (Å²) < 4.78 is 13.4. The van der Waals surface area contributed by atoms with Crippen molar-refractivity contribution in [2.24, 2.45) is 0 Å². The van der Waals surface area contributed by atoms with Gasteiger partial charge in [0.05, 0.1) is 17.4 Å². The van der Waals surface area contributed by atoms with E-state index in [-0.39, 0.29) is 18.1 Å². The van der Waals surface area contributed by atoms with Gasteiger partial charge in [0.25, 0.3) is 0 Å². The number of ether oxygens (including phenoxy) is 2. The van der Waals surface area contributed by atoms with Gasteiger partial charge in [-0.25, -0.2) is 14.5 Å². The van der Waals surface area contributed by atoms with Gasteiger partial charge in [0.2, 0.25) is 0 Å². The first-order valence-electron chi connectivity index (χ1n) is 11.6. The first-order valence-corrected chi connectivity index (χ1v) is 11.6. The van der Waals surface area contributed by atoms with Crippen LogP contribution >= 0.6 is 0 Å². The van der Waals surface area contributed by atoms with Gasteiger partial charge in [0.1, 0.15) is 17.0 Å². The van der Waals surface area contributed by atoms with Gasteiger partial charge in [-0.1, -0.05) is 11.3 Å². The molecule has 3 aromatic rings. The van der Waals surface area contributed by atoms with Gasteiger partial charge in [-0.2, -0.15) is 4.98 Å². The first-order chi connectivity index (χ1) is 16.1. The number of benzene rings is 1. The normalized spacial score (nSPS) is 14.8. The molecule has 0 saturated carbocycles. The zero-order valence-corrected chi connectivity index (χ0v) is 20.7. The number of piperidine rings is 1. The van der Waals surface area contributed by atoms with Crippen molar-refractivity contribution in [1.82, 2.24) is 29.9 Å². The van der Waals surface area contributed by atoms with Crippen LogP contribution in [0.25, 0.3) is 11.4 Å². The molecule has 1 saturated heterocycles. The summed E-state index contributed by atoms with van der Waals surface area (Å²) in [4.78, 5) is 23.1. The van der Waals surface area contributed by atoms with Gasteiger partial charge in [0, 0.05) is 19.3 Å². The standard InChI is InChI=1S/C25H32N6O3/c1-16-13-17(2)15-20(14-16)33-23-26-10-7-21(27-23)22-18(3)28-29-31(22)19-8-11-30(12-9-19)24(32)34-25(4,5)6/h7,10,13-15,19H,8-9,11-12H2,1-6H3. The zero-order valence-electron chi connectivity index (χ0n) is 20.7. The third kappa shape index (κ3) is 5.52. The van der Waals surface area contributed by atoms with Crippen LogP contribution in [0.3, 0.4) is 0 Å². The number of aryl methyl sites for hydroxylation is 3. The van der Waals surface area contributed by atoms with E-state index in [1.807, 2.05) is 64.4 Å². The van der Waals surface area contributed by atoms with E-state index < -0.39 is 5.60 Å². The molecule has 3 heterocycles. The summed E-state index contributed by atoms with van der Waals surface area (Å²) in [5.74, 6) is 0.701. The molecule has 0 unspecified atom stereocenters. The smallest absolute Gasteiger partial charge is 0.410 e. The highest BCUT2D eigenvalue weighted by Gasteiger charge is 2.30. The van der Waals surface area contributed by atoms with Gasteiger partial charge >= 0.3 is 12.1 Å². The Balaban J connectivity index is 1.51. The summed E-state index contributed by atoms with van der Waals surface area (Å²) in [5.41, 5.74) is 4.04. The third-order valence-electron chi connectivity index (χ3n) is 5.61. The number of carbonyl (C=O) groups is 1. The number of rotatable bonds is 4. The molecule has 1 amide bonds. The van der Waals surface area contributed by atoms with Crippen molar-refractivity contribution in [1.29, 1.82) is 0 Å². The van der Waals surface area contributed by atoms with Crippen LogP contribution < -0.4 is 4.74 Å². The maximum atomic E-state index is 12.4. The van der Waals surface area contributed by atoms with Crippen LogP contribution in [-0.4, -0.2) is 54.6 Å². The molecule has 4 rings (SSSR count). The Morgan fingerprint density at radius 3 is 2.38 bits per heavy atom. The Morgan fingerprint density at radius 2 is 1.74 bits per heavy atom. The molecule has 1 aromatic carbocycles. The van der Waals surface area contributed by atoms with Gasteiger partial charge < -0.3 is 14.4 Å². The second-order valence-electron chi connectivity index (χ2n) is 9.82. The Hall–Kier alpha value is -3.49. The predicted octanol–water partition coefficient (Wildman–Crippen LogP) is 5.02. The summed E-state index contributed by atoms with van der Waals surface area (Å²) in [6.45, 7) is 12.8. The van der Waals surface area contributed by atoms with Crippen molar-refractivity contribution in [2.45, 2.75) is 66.0 Å². The molecule has 180 valence electrons. The molecule has 0 radical (unpaired) electrons. The average molecular weight is 465 g/mol. The van der Waals surface area contributed by atoms with Crippen molar-refractivity contribution in [3.05, 3.63) is 47.3 Å². The monoisotopic (exact) mass is 464 g/mol. The van der Waals surface area contributed by atoms with Crippen LogP contribution in [0.4, 0.5) is 4.79 Å². The van der Waals surface area contributed by atoms with E-state index >= 15 is 0 Å². The lowest BCUT2D eigenvalue weighted by Gasteiger charge is -2.33. The number of carbonyl (C=O) groups excluding carboxylic acids is 1. The summed E-state index contributed by atoms with van der Waals surface area (Å²) in [7, 11) is 0. The number of likely N-dealkylation sites (tertiary alicyclic amines) is 1. The highest BCUT2D eigenvalue weighted by Crippen LogP contribution is 2.30. The van der Waals surface area contributed by atoms with Crippen molar-refractivity contribution in [3.8, 4) is 23.1 Å². The lowest BCUT2D eigenvalue weighted by molar-refractivity contribution is 0.0185. The molecule has 9 heteroatoms. The number of amides is 1. The van der Waals surface area contributed by atoms with E-state index in [2.05, 4.69) is 26.3 Å². The van der Waals surface area contributed by atoms with Crippen molar-refractivity contribution in [2.75, 3.05) is 13.1 Å². The van der Waals surface area contributed by atoms with E-state index in [1.54, 1.807) is 11.1 Å². The van der Waals surface area contributed by atoms with Crippen LogP contribution in [0.5, 0.6) is 11.8 Å². The lowest BCUT2D eigenvalue weighted by atomic mass is 10.0. The fourth-order valence-corrected chi connectivity index (χ4v) is 4.17. The quantitative estimate of drug-likeness (QED) is 0.535. The molecule has 0 N–H and O–H groups in total. The van der Waals surface area contributed by atoms with Crippen molar-refractivity contribution in [3.63, 3.8) is 0 Å². The Kier molecular flexibility index (Phi) is 6.54. The highest BCUT2D eigenvalue weighted by atomic mass is 16.6. The lowest BCUT2D eigenvalue weighted by Crippen LogP contribution is -2.42. The fourth-order valence-electron chi connectivity index (χ4n) is 4.17. The average Bonchev–Trinajstić information content (AvgIpc) is 3.13. The molecule has 1 aliphatic rings. The van der Waals surface area contributed by atoms with Gasteiger partial charge in [0.15, 0.2) is 0 Å². The summed E-state index contributed by atoms with van der Waals surface area (Å²) >= 11 is 0. The SMILES string of the molecule is Cc1cc(C)cc(Oc2nccc(-c3c(C)nnn3C3CCN(C(=O)OC(C)(C)C)CC3)n2)c1. The van der Waals surface area contributed by atoms with Crippen LogP contribution in [0.1, 0.15) is 56.5 Å². The molecule has 0 bridgehead atoms.